The van der Waals surface area contributed by atoms with Gasteiger partial charge in [-0.1, -0.05) is 42.1 Å². The Hall–Kier alpha value is -2.19. The average molecular weight is 343 g/mol. The van der Waals surface area contributed by atoms with Gasteiger partial charge in [0.25, 0.3) is 0 Å². The van der Waals surface area contributed by atoms with Crippen molar-refractivity contribution in [1.82, 2.24) is 29.5 Å². The predicted octanol–water partition coefficient (Wildman–Crippen LogP) is 1.75. The Labute approximate surface area is 145 Å². The van der Waals surface area contributed by atoms with Crippen LogP contribution in [0.15, 0.2) is 41.8 Å². The Morgan fingerprint density at radius 2 is 1.96 bits per heavy atom. The zero-order valence-electron chi connectivity index (χ0n) is 13.8. The molecule has 1 atom stereocenters. The highest BCUT2D eigenvalue weighted by Gasteiger charge is 2.16. The quantitative estimate of drug-likeness (QED) is 0.658. The molecule has 0 bridgehead atoms. The van der Waals surface area contributed by atoms with Crippen LogP contribution in [0.1, 0.15) is 23.3 Å². The molecule has 2 aromatic heterocycles. The van der Waals surface area contributed by atoms with Crippen LogP contribution in [0.25, 0.3) is 0 Å². The zero-order valence-corrected chi connectivity index (χ0v) is 14.6. The van der Waals surface area contributed by atoms with Gasteiger partial charge in [-0.05, 0) is 18.9 Å². The average Bonchev–Trinajstić information content (AvgIpc) is 3.15. The van der Waals surface area contributed by atoms with Crippen molar-refractivity contribution in [2.75, 3.05) is 5.75 Å². The SMILES string of the molecule is Cc1nncn1CCSc1nnc([C@@H](N)Cc2ccccc2)n1C. The lowest BCUT2D eigenvalue weighted by Gasteiger charge is -2.11. The number of aryl methyl sites for hydroxylation is 2. The second kappa shape index (κ2) is 7.59. The zero-order chi connectivity index (χ0) is 16.9. The maximum absolute atomic E-state index is 6.31. The maximum Gasteiger partial charge on any atom is 0.191 e. The van der Waals surface area contributed by atoms with Crippen LogP contribution >= 0.6 is 11.8 Å². The molecule has 2 heterocycles. The summed E-state index contributed by atoms with van der Waals surface area (Å²) in [6, 6.07) is 10.0. The molecule has 0 spiro atoms. The third-order valence-electron chi connectivity index (χ3n) is 3.87. The van der Waals surface area contributed by atoms with Crippen molar-refractivity contribution in [2.45, 2.75) is 31.1 Å². The molecule has 0 amide bonds. The van der Waals surface area contributed by atoms with E-state index >= 15 is 0 Å². The number of aromatic nitrogens is 6. The molecule has 126 valence electrons. The summed E-state index contributed by atoms with van der Waals surface area (Å²) in [4.78, 5) is 0. The molecule has 24 heavy (non-hydrogen) atoms. The summed E-state index contributed by atoms with van der Waals surface area (Å²) in [6.07, 6.45) is 2.49. The first-order chi connectivity index (χ1) is 11.6. The van der Waals surface area contributed by atoms with Crippen molar-refractivity contribution in [3.8, 4) is 0 Å². The van der Waals surface area contributed by atoms with Gasteiger partial charge in [-0.25, -0.2) is 0 Å². The van der Waals surface area contributed by atoms with E-state index in [1.807, 2.05) is 41.3 Å². The normalized spacial score (nSPS) is 12.5. The van der Waals surface area contributed by atoms with Gasteiger partial charge in [0, 0.05) is 19.3 Å². The second-order valence-corrected chi connectivity index (χ2v) is 6.68. The molecule has 0 fully saturated rings. The minimum Gasteiger partial charge on any atom is -0.321 e. The van der Waals surface area contributed by atoms with E-state index in [1.54, 1.807) is 18.1 Å². The van der Waals surface area contributed by atoms with E-state index in [4.69, 9.17) is 5.73 Å². The van der Waals surface area contributed by atoms with Gasteiger partial charge in [0.1, 0.15) is 12.2 Å². The summed E-state index contributed by atoms with van der Waals surface area (Å²) >= 11 is 1.66. The first-order valence-electron chi connectivity index (χ1n) is 7.81. The van der Waals surface area contributed by atoms with E-state index in [0.29, 0.717) is 0 Å². The van der Waals surface area contributed by atoms with E-state index in [2.05, 4.69) is 32.5 Å². The number of hydrogen-bond acceptors (Lipinski definition) is 6. The lowest BCUT2D eigenvalue weighted by Crippen LogP contribution is -2.18. The molecule has 2 N–H and O–H groups in total. The Morgan fingerprint density at radius 1 is 1.17 bits per heavy atom. The number of benzene rings is 1. The van der Waals surface area contributed by atoms with Crippen LogP contribution in [0, 0.1) is 6.92 Å². The van der Waals surface area contributed by atoms with Gasteiger partial charge in [-0.3, -0.25) is 0 Å². The highest BCUT2D eigenvalue weighted by Crippen LogP contribution is 2.20. The third kappa shape index (κ3) is 3.82. The van der Waals surface area contributed by atoms with Gasteiger partial charge in [0.15, 0.2) is 11.0 Å². The minimum atomic E-state index is -0.167. The molecule has 0 radical (unpaired) electrons. The largest absolute Gasteiger partial charge is 0.321 e. The lowest BCUT2D eigenvalue weighted by atomic mass is 10.1. The number of hydrogen-bond donors (Lipinski definition) is 1. The smallest absolute Gasteiger partial charge is 0.191 e. The van der Waals surface area contributed by atoms with Crippen molar-refractivity contribution < 1.29 is 0 Å². The van der Waals surface area contributed by atoms with E-state index < -0.39 is 0 Å². The Kier molecular flexibility index (Phi) is 5.27. The van der Waals surface area contributed by atoms with Crippen LogP contribution in [0.3, 0.4) is 0 Å². The van der Waals surface area contributed by atoms with Crippen LogP contribution in [0.4, 0.5) is 0 Å². The predicted molar refractivity (Wildman–Crippen MR) is 93.6 cm³/mol. The van der Waals surface area contributed by atoms with Crippen molar-refractivity contribution in [1.29, 1.82) is 0 Å². The summed E-state index contributed by atoms with van der Waals surface area (Å²) in [6.45, 7) is 2.78. The number of nitrogens with zero attached hydrogens (tertiary/aromatic N) is 6. The summed E-state index contributed by atoms with van der Waals surface area (Å²) in [7, 11) is 1.96. The molecule has 7 nitrogen and oxygen atoms in total. The topological polar surface area (TPSA) is 87.4 Å². The fraction of sp³-hybridized carbons (Fsp3) is 0.375. The molecule has 0 aliphatic carbocycles. The summed E-state index contributed by atoms with van der Waals surface area (Å²) < 4.78 is 4.00. The van der Waals surface area contributed by atoms with Gasteiger partial charge in [-0.15, -0.1) is 20.4 Å². The van der Waals surface area contributed by atoms with Gasteiger partial charge < -0.3 is 14.9 Å². The molecule has 0 unspecified atom stereocenters. The number of rotatable bonds is 7. The van der Waals surface area contributed by atoms with Gasteiger partial charge >= 0.3 is 0 Å². The molecule has 0 aliphatic heterocycles. The Morgan fingerprint density at radius 3 is 2.67 bits per heavy atom. The van der Waals surface area contributed by atoms with E-state index in [1.165, 1.54) is 5.56 Å². The molecule has 8 heteroatoms. The summed E-state index contributed by atoms with van der Waals surface area (Å²) in [5, 5.41) is 17.3. The first-order valence-corrected chi connectivity index (χ1v) is 8.79. The third-order valence-corrected chi connectivity index (χ3v) is 4.87. The molecule has 0 aliphatic rings. The fourth-order valence-corrected chi connectivity index (χ4v) is 3.36. The number of nitrogens with two attached hydrogens (primary N) is 1. The van der Waals surface area contributed by atoms with E-state index in [9.17, 15) is 0 Å². The Bertz CT molecular complexity index is 781. The van der Waals surface area contributed by atoms with Gasteiger partial charge in [0.2, 0.25) is 0 Å². The van der Waals surface area contributed by atoms with Crippen molar-refractivity contribution in [3.05, 3.63) is 53.9 Å². The molecule has 0 saturated carbocycles. The maximum atomic E-state index is 6.31. The lowest BCUT2D eigenvalue weighted by molar-refractivity contribution is 0.616. The monoisotopic (exact) mass is 343 g/mol. The first kappa shape index (κ1) is 16.7. The second-order valence-electron chi connectivity index (χ2n) is 5.62. The van der Waals surface area contributed by atoms with Crippen LogP contribution in [0.2, 0.25) is 0 Å². The highest BCUT2D eigenvalue weighted by molar-refractivity contribution is 7.99. The van der Waals surface area contributed by atoms with E-state index in [0.717, 1.165) is 35.5 Å². The summed E-state index contributed by atoms with van der Waals surface area (Å²) in [5.74, 6) is 2.60. The number of thioether (sulfide) groups is 1. The standard InChI is InChI=1S/C16H21N7S/c1-12-19-18-11-23(12)8-9-24-16-21-20-15(22(16)2)14(17)10-13-6-4-3-5-7-13/h3-7,11,14H,8-10,17H2,1-2H3/t14-/m0/s1. The van der Waals surface area contributed by atoms with Gasteiger partial charge in [-0.2, -0.15) is 0 Å². The minimum absolute atomic E-state index is 0.167. The fourth-order valence-electron chi connectivity index (χ4n) is 2.50. The van der Waals surface area contributed by atoms with Crippen molar-refractivity contribution >= 4 is 11.8 Å². The van der Waals surface area contributed by atoms with Crippen LogP contribution < -0.4 is 5.73 Å². The molecular formula is C16H21N7S. The van der Waals surface area contributed by atoms with Crippen molar-refractivity contribution in [2.24, 2.45) is 12.8 Å². The molecule has 0 saturated heterocycles. The Balaban J connectivity index is 1.60. The van der Waals surface area contributed by atoms with Crippen LogP contribution in [-0.4, -0.2) is 35.3 Å². The summed E-state index contributed by atoms with van der Waals surface area (Å²) in [5.41, 5.74) is 7.51. The van der Waals surface area contributed by atoms with Crippen LogP contribution in [-0.2, 0) is 20.0 Å². The highest BCUT2D eigenvalue weighted by atomic mass is 32.2. The van der Waals surface area contributed by atoms with Gasteiger partial charge in [0.05, 0.1) is 6.04 Å². The van der Waals surface area contributed by atoms with E-state index in [-0.39, 0.29) is 6.04 Å². The molecule has 3 rings (SSSR count). The molecule has 1 aromatic carbocycles. The molecule has 3 aromatic rings. The van der Waals surface area contributed by atoms with Crippen molar-refractivity contribution in [3.63, 3.8) is 0 Å². The molecular weight excluding hydrogens is 322 g/mol. The van der Waals surface area contributed by atoms with Crippen LogP contribution in [0.5, 0.6) is 0 Å².